The van der Waals surface area contributed by atoms with Crippen LogP contribution in [0.2, 0.25) is 0 Å². The number of anilines is 1. The number of nitrogens with zero attached hydrogens (tertiary/aromatic N) is 4. The van der Waals surface area contributed by atoms with E-state index in [9.17, 15) is 14.4 Å². The van der Waals surface area contributed by atoms with Crippen LogP contribution in [-0.2, 0) is 28.6 Å². The van der Waals surface area contributed by atoms with Gasteiger partial charge in [-0.1, -0.05) is 20.8 Å². The van der Waals surface area contributed by atoms with Crippen molar-refractivity contribution in [1.29, 1.82) is 0 Å². The Hall–Kier alpha value is -2.79. The molecule has 2 aromatic rings. The van der Waals surface area contributed by atoms with Crippen molar-refractivity contribution in [3.63, 3.8) is 0 Å². The number of alkyl halides is 1. The average Bonchev–Trinajstić information content (AvgIpc) is 3.33. The molecule has 4 atom stereocenters. The van der Waals surface area contributed by atoms with Crippen molar-refractivity contribution < 1.29 is 30.0 Å². The van der Waals surface area contributed by atoms with E-state index in [-0.39, 0.29) is 25.2 Å². The summed E-state index contributed by atoms with van der Waals surface area (Å²) in [6.07, 6.45) is 0.0156. The van der Waals surface area contributed by atoms with Crippen LogP contribution >= 0.6 is 11.6 Å². The van der Waals surface area contributed by atoms with Gasteiger partial charge in [-0.2, -0.15) is 0 Å². The summed E-state index contributed by atoms with van der Waals surface area (Å²) in [5.41, 5.74) is -1.00. The van der Waals surface area contributed by atoms with Gasteiger partial charge in [0.15, 0.2) is 29.3 Å². The van der Waals surface area contributed by atoms with Crippen LogP contribution in [0.25, 0.3) is 11.2 Å². The minimum Gasteiger partial charge on any atom is -0.462 e. The highest BCUT2D eigenvalue weighted by atomic mass is 35.5. The highest BCUT2D eigenvalue weighted by Gasteiger charge is 2.48. The minimum atomic E-state index is -0.986. The fraction of sp³-hybridized carbons (Fsp3) is 0.636. The minimum absolute atomic E-state index is 0.144. The number of esters is 2. The molecular weight excluding hydrogens is 466 g/mol. The Labute approximate surface area is 203 Å². The Bertz CT molecular complexity index is 1120. The van der Waals surface area contributed by atoms with Crippen molar-refractivity contribution in [3.05, 3.63) is 12.7 Å². The standard InChI is InChI=1S/C22H30ClN5O6/c1-11(29)33-15-13(23)12(8-32-20(31)22(5,6)7)34-18(15)28-10-26-14-16(24-9-25-17(14)28)27-19(30)21(2,3)4/h9-10,12-13,15,18H,8H2,1-7H3,(H,24,25,27,30)/t12-,13+,15-,18?/m1/s1/i5D. The first-order valence-corrected chi connectivity index (χ1v) is 11.1. The molecule has 1 saturated heterocycles. The second-order valence-corrected chi connectivity index (χ2v) is 10.3. The van der Waals surface area contributed by atoms with Crippen molar-refractivity contribution in [2.75, 3.05) is 11.9 Å². The number of fused-ring (bicyclic) bond motifs is 1. The van der Waals surface area contributed by atoms with Crippen molar-refractivity contribution in [2.24, 2.45) is 10.8 Å². The van der Waals surface area contributed by atoms with E-state index in [0.29, 0.717) is 11.2 Å². The largest absolute Gasteiger partial charge is 0.462 e. The fourth-order valence-electron chi connectivity index (χ4n) is 3.15. The predicted octanol–water partition coefficient (Wildman–Crippen LogP) is 2.84. The number of hydrogen-bond acceptors (Lipinski definition) is 9. The normalized spacial score (nSPS) is 23.4. The highest BCUT2D eigenvalue weighted by Crippen LogP contribution is 2.37. The van der Waals surface area contributed by atoms with Crippen LogP contribution in [0.4, 0.5) is 5.82 Å². The first-order chi connectivity index (χ1) is 16.3. The average molecular weight is 497 g/mol. The number of hydrogen-bond donors (Lipinski definition) is 1. The van der Waals surface area contributed by atoms with Crippen LogP contribution in [0.1, 0.15) is 56.0 Å². The van der Waals surface area contributed by atoms with E-state index < -0.39 is 46.6 Å². The number of carbonyl (C=O) groups is 3. The molecule has 0 bridgehead atoms. The van der Waals surface area contributed by atoms with E-state index in [1.54, 1.807) is 34.6 Å². The summed E-state index contributed by atoms with van der Waals surface area (Å²) in [7, 11) is 0. The molecule has 34 heavy (non-hydrogen) atoms. The van der Waals surface area contributed by atoms with Crippen LogP contribution in [0, 0.1) is 10.8 Å². The Morgan fingerprint density at radius 1 is 1.21 bits per heavy atom. The lowest BCUT2D eigenvalue weighted by atomic mass is 9.96. The van der Waals surface area contributed by atoms with Gasteiger partial charge in [-0.15, -0.1) is 11.6 Å². The number of aromatic nitrogens is 4. The molecule has 0 saturated carbocycles. The first-order valence-electron chi connectivity index (χ1n) is 11.4. The molecule has 2 aromatic heterocycles. The predicted molar refractivity (Wildman–Crippen MR) is 123 cm³/mol. The van der Waals surface area contributed by atoms with E-state index in [1.807, 2.05) is 0 Å². The molecule has 1 unspecified atom stereocenters. The van der Waals surface area contributed by atoms with Gasteiger partial charge in [0.1, 0.15) is 24.4 Å². The van der Waals surface area contributed by atoms with Crippen LogP contribution in [0.15, 0.2) is 12.7 Å². The third kappa shape index (κ3) is 5.47. The van der Waals surface area contributed by atoms with Crippen LogP contribution < -0.4 is 5.32 Å². The summed E-state index contributed by atoms with van der Waals surface area (Å²) in [5.74, 6) is -1.16. The van der Waals surface area contributed by atoms with Gasteiger partial charge in [-0.25, -0.2) is 15.0 Å². The van der Waals surface area contributed by atoms with Gasteiger partial charge < -0.3 is 19.5 Å². The van der Waals surface area contributed by atoms with E-state index in [1.165, 1.54) is 24.1 Å². The maximum absolute atomic E-state index is 12.5. The first kappa shape index (κ1) is 24.3. The molecule has 0 aromatic carbocycles. The Morgan fingerprint density at radius 2 is 1.91 bits per heavy atom. The van der Waals surface area contributed by atoms with E-state index >= 15 is 0 Å². The Balaban J connectivity index is 1.89. The zero-order chi connectivity index (χ0) is 26.1. The second kappa shape index (κ2) is 9.46. The SMILES string of the molecule is [2H]CC(C)(C)C(=O)OC[C@H]1OC(n2cnc3c(NC(=O)C(C)(C)C)ncnc32)[C@H](OC(C)=O)[C@H]1Cl. The van der Waals surface area contributed by atoms with Crippen LogP contribution in [0.3, 0.4) is 0 Å². The van der Waals surface area contributed by atoms with Crippen LogP contribution in [0.5, 0.6) is 0 Å². The third-order valence-electron chi connectivity index (χ3n) is 5.04. The lowest BCUT2D eigenvalue weighted by molar-refractivity contribution is -0.158. The summed E-state index contributed by atoms with van der Waals surface area (Å²) < 4.78 is 25.9. The van der Waals surface area contributed by atoms with Gasteiger partial charge >= 0.3 is 11.9 Å². The van der Waals surface area contributed by atoms with Gasteiger partial charge in [-0.05, 0) is 20.7 Å². The highest BCUT2D eigenvalue weighted by molar-refractivity contribution is 6.21. The summed E-state index contributed by atoms with van der Waals surface area (Å²) in [4.78, 5) is 49.3. The van der Waals surface area contributed by atoms with Crippen molar-refractivity contribution in [3.8, 4) is 0 Å². The maximum Gasteiger partial charge on any atom is 0.311 e. The molecule has 0 aliphatic carbocycles. The second-order valence-electron chi connectivity index (χ2n) is 9.82. The lowest BCUT2D eigenvalue weighted by Gasteiger charge is -2.21. The number of halogens is 1. The van der Waals surface area contributed by atoms with Gasteiger partial charge in [0.2, 0.25) is 5.91 Å². The lowest BCUT2D eigenvalue weighted by Crippen LogP contribution is -2.34. The maximum atomic E-state index is 12.5. The number of ether oxygens (including phenoxy) is 3. The smallest absolute Gasteiger partial charge is 0.311 e. The van der Waals surface area contributed by atoms with E-state index in [2.05, 4.69) is 20.3 Å². The zero-order valence-electron chi connectivity index (χ0n) is 21.0. The number of nitrogens with one attached hydrogen (secondary N) is 1. The van der Waals surface area contributed by atoms with E-state index in [4.69, 9.17) is 27.2 Å². The molecule has 1 fully saturated rings. The molecule has 1 N–H and O–H groups in total. The quantitative estimate of drug-likeness (QED) is 0.489. The molecule has 186 valence electrons. The van der Waals surface area contributed by atoms with Crippen molar-refractivity contribution in [2.45, 2.75) is 72.3 Å². The summed E-state index contributed by atoms with van der Waals surface area (Å²) in [6.45, 7) is 9.44. The Kier molecular flexibility index (Phi) is 6.77. The van der Waals surface area contributed by atoms with Gasteiger partial charge in [-0.3, -0.25) is 19.0 Å². The molecule has 11 nitrogen and oxygen atoms in total. The third-order valence-corrected chi connectivity index (χ3v) is 5.57. The number of imidazole rings is 1. The Morgan fingerprint density at radius 3 is 2.53 bits per heavy atom. The molecule has 1 amide bonds. The fourth-order valence-corrected chi connectivity index (χ4v) is 3.46. The van der Waals surface area contributed by atoms with Crippen molar-refractivity contribution >= 4 is 46.4 Å². The molecule has 12 heteroatoms. The zero-order valence-corrected chi connectivity index (χ0v) is 20.8. The molecule has 1 aliphatic heterocycles. The summed E-state index contributed by atoms with van der Waals surface area (Å²) in [6, 6.07) is 0. The molecule has 0 radical (unpaired) electrons. The monoisotopic (exact) mass is 496 g/mol. The summed E-state index contributed by atoms with van der Waals surface area (Å²) >= 11 is 6.58. The molecule has 1 aliphatic rings. The van der Waals surface area contributed by atoms with Gasteiger partial charge in [0, 0.05) is 13.7 Å². The molecule has 0 spiro atoms. The van der Waals surface area contributed by atoms with Gasteiger partial charge in [0.05, 0.1) is 11.7 Å². The number of amides is 1. The topological polar surface area (TPSA) is 135 Å². The van der Waals surface area contributed by atoms with Gasteiger partial charge in [0.25, 0.3) is 0 Å². The molecular formula is C22H30ClN5O6. The molecule has 3 rings (SSSR count). The summed E-state index contributed by atoms with van der Waals surface area (Å²) in [5, 5.41) is 1.90. The number of carbonyl (C=O) groups excluding carboxylic acids is 3. The molecule has 3 heterocycles. The van der Waals surface area contributed by atoms with E-state index in [0.717, 1.165) is 0 Å². The van der Waals surface area contributed by atoms with Crippen molar-refractivity contribution in [1.82, 2.24) is 19.5 Å². The van der Waals surface area contributed by atoms with Crippen LogP contribution in [-0.4, -0.2) is 61.6 Å². The number of rotatable bonds is 5.